The zero-order chi connectivity index (χ0) is 16.2. The summed E-state index contributed by atoms with van der Waals surface area (Å²) in [6.07, 6.45) is 1.06. The van der Waals surface area contributed by atoms with E-state index in [4.69, 9.17) is 4.74 Å². The number of sulfone groups is 1. The number of ether oxygens (including phenoxy) is 1. The predicted octanol–water partition coefficient (Wildman–Crippen LogP) is 2.25. The lowest BCUT2D eigenvalue weighted by Crippen LogP contribution is -2.21. The third kappa shape index (κ3) is 4.29. The van der Waals surface area contributed by atoms with Gasteiger partial charge in [0.15, 0.2) is 16.4 Å². The Hall–Kier alpha value is -2.41. The minimum Gasteiger partial charge on any atom is -0.484 e. The van der Waals surface area contributed by atoms with Gasteiger partial charge < -0.3 is 10.1 Å². The maximum atomic E-state index is 12.7. The Bertz CT molecular complexity index is 772. The molecular formula is C15H14FNO4S. The van der Waals surface area contributed by atoms with Crippen LogP contribution in [0.15, 0.2) is 53.4 Å². The smallest absolute Gasteiger partial charge is 0.262 e. The van der Waals surface area contributed by atoms with Gasteiger partial charge in [0.1, 0.15) is 11.6 Å². The number of nitrogens with one attached hydrogen (secondary N) is 1. The van der Waals surface area contributed by atoms with E-state index in [0.29, 0.717) is 5.75 Å². The van der Waals surface area contributed by atoms with Crippen LogP contribution >= 0.6 is 0 Å². The molecular weight excluding hydrogens is 309 g/mol. The number of halogens is 1. The molecule has 0 atom stereocenters. The molecule has 5 nitrogen and oxygen atoms in total. The molecule has 1 N–H and O–H groups in total. The SMILES string of the molecule is CS(=O)(=O)c1ccccc1NC(=O)COc1ccc(F)cc1. The van der Waals surface area contributed by atoms with Crippen LogP contribution in [0.3, 0.4) is 0 Å². The normalized spacial score (nSPS) is 11.0. The number of para-hydroxylation sites is 1. The van der Waals surface area contributed by atoms with Gasteiger partial charge in [0.2, 0.25) is 0 Å². The number of carbonyl (C=O) groups excluding carboxylic acids is 1. The molecule has 1 amide bonds. The summed E-state index contributed by atoms with van der Waals surface area (Å²) in [5.74, 6) is -0.577. The maximum Gasteiger partial charge on any atom is 0.262 e. The van der Waals surface area contributed by atoms with Gasteiger partial charge in [-0.25, -0.2) is 12.8 Å². The maximum absolute atomic E-state index is 12.7. The van der Waals surface area contributed by atoms with Crippen molar-refractivity contribution in [2.75, 3.05) is 18.2 Å². The van der Waals surface area contributed by atoms with Crippen LogP contribution < -0.4 is 10.1 Å². The van der Waals surface area contributed by atoms with Crippen molar-refractivity contribution in [2.24, 2.45) is 0 Å². The van der Waals surface area contributed by atoms with Crippen molar-refractivity contribution in [3.63, 3.8) is 0 Å². The molecule has 2 rings (SSSR count). The number of anilines is 1. The molecule has 0 fully saturated rings. The summed E-state index contributed by atoms with van der Waals surface area (Å²) < 4.78 is 41.2. The summed E-state index contributed by atoms with van der Waals surface area (Å²) in [4.78, 5) is 11.9. The summed E-state index contributed by atoms with van der Waals surface area (Å²) >= 11 is 0. The Labute approximate surface area is 127 Å². The first-order chi connectivity index (χ1) is 10.4. The number of hydrogen-bond donors (Lipinski definition) is 1. The lowest BCUT2D eigenvalue weighted by atomic mass is 10.3. The van der Waals surface area contributed by atoms with E-state index >= 15 is 0 Å². The van der Waals surface area contributed by atoms with E-state index in [2.05, 4.69) is 5.32 Å². The van der Waals surface area contributed by atoms with E-state index in [0.717, 1.165) is 6.26 Å². The van der Waals surface area contributed by atoms with Gasteiger partial charge in [-0.15, -0.1) is 0 Å². The van der Waals surface area contributed by atoms with Crippen LogP contribution in [0, 0.1) is 5.82 Å². The first kappa shape index (κ1) is 16.0. The van der Waals surface area contributed by atoms with Crippen LogP contribution in [0.5, 0.6) is 5.75 Å². The number of rotatable bonds is 5. The molecule has 0 radical (unpaired) electrons. The fourth-order valence-electron chi connectivity index (χ4n) is 1.76. The Balaban J connectivity index is 2.02. The van der Waals surface area contributed by atoms with Crippen molar-refractivity contribution >= 4 is 21.4 Å². The van der Waals surface area contributed by atoms with Crippen molar-refractivity contribution < 1.29 is 22.3 Å². The molecule has 0 unspecified atom stereocenters. The van der Waals surface area contributed by atoms with Gasteiger partial charge in [-0.1, -0.05) is 12.1 Å². The average Bonchev–Trinajstić information content (AvgIpc) is 2.46. The van der Waals surface area contributed by atoms with Crippen molar-refractivity contribution in [3.05, 3.63) is 54.3 Å². The third-order valence-electron chi connectivity index (χ3n) is 2.74. The molecule has 22 heavy (non-hydrogen) atoms. The van der Waals surface area contributed by atoms with Gasteiger partial charge in [0.25, 0.3) is 5.91 Å². The Kier molecular flexibility index (Phi) is 4.77. The standard InChI is InChI=1S/C15H14FNO4S/c1-22(19,20)14-5-3-2-4-13(14)17-15(18)10-21-12-8-6-11(16)7-9-12/h2-9H,10H2,1H3,(H,17,18). The zero-order valence-corrected chi connectivity index (χ0v) is 12.6. The molecule has 2 aromatic carbocycles. The summed E-state index contributed by atoms with van der Waals surface area (Å²) in [7, 11) is -3.45. The first-order valence-electron chi connectivity index (χ1n) is 6.33. The minimum absolute atomic E-state index is 0.0325. The highest BCUT2D eigenvalue weighted by Gasteiger charge is 2.14. The Morgan fingerprint density at radius 2 is 1.77 bits per heavy atom. The molecule has 0 bridgehead atoms. The molecule has 116 valence electrons. The molecule has 2 aromatic rings. The van der Waals surface area contributed by atoms with E-state index in [1.165, 1.54) is 36.4 Å². The van der Waals surface area contributed by atoms with Gasteiger partial charge >= 0.3 is 0 Å². The molecule has 0 aliphatic carbocycles. The van der Waals surface area contributed by atoms with E-state index < -0.39 is 21.6 Å². The number of amides is 1. The lowest BCUT2D eigenvalue weighted by Gasteiger charge is -2.10. The third-order valence-corrected chi connectivity index (χ3v) is 3.90. The topological polar surface area (TPSA) is 72.5 Å². The molecule has 0 aliphatic heterocycles. The van der Waals surface area contributed by atoms with Crippen LogP contribution in [-0.2, 0) is 14.6 Å². The fraction of sp³-hybridized carbons (Fsp3) is 0.133. The highest BCUT2D eigenvalue weighted by molar-refractivity contribution is 7.90. The van der Waals surface area contributed by atoms with Crippen LogP contribution in [0.2, 0.25) is 0 Å². The van der Waals surface area contributed by atoms with Crippen LogP contribution in [-0.4, -0.2) is 27.2 Å². The van der Waals surface area contributed by atoms with E-state index in [-0.39, 0.29) is 17.2 Å². The highest BCUT2D eigenvalue weighted by Crippen LogP contribution is 2.20. The highest BCUT2D eigenvalue weighted by atomic mass is 32.2. The second-order valence-electron chi connectivity index (χ2n) is 4.56. The summed E-state index contributed by atoms with van der Waals surface area (Å²) in [5.41, 5.74) is 0.192. The number of benzene rings is 2. The zero-order valence-electron chi connectivity index (χ0n) is 11.7. The van der Waals surface area contributed by atoms with Gasteiger partial charge in [0, 0.05) is 6.26 Å². The second-order valence-corrected chi connectivity index (χ2v) is 6.54. The summed E-state index contributed by atoms with van der Waals surface area (Å²) in [6, 6.07) is 11.3. The Morgan fingerprint density at radius 1 is 1.14 bits per heavy atom. The van der Waals surface area contributed by atoms with Crippen LogP contribution in [0.4, 0.5) is 10.1 Å². The monoisotopic (exact) mass is 323 g/mol. The number of carbonyl (C=O) groups is 1. The van der Waals surface area contributed by atoms with Gasteiger partial charge in [0.05, 0.1) is 10.6 Å². The second kappa shape index (κ2) is 6.57. The van der Waals surface area contributed by atoms with E-state index in [1.807, 2.05) is 0 Å². The number of hydrogen-bond acceptors (Lipinski definition) is 4. The lowest BCUT2D eigenvalue weighted by molar-refractivity contribution is -0.118. The fourth-order valence-corrected chi connectivity index (χ4v) is 2.60. The van der Waals surface area contributed by atoms with Crippen molar-refractivity contribution in [2.45, 2.75) is 4.90 Å². The first-order valence-corrected chi connectivity index (χ1v) is 8.23. The molecule has 0 aliphatic rings. The largest absolute Gasteiger partial charge is 0.484 e. The van der Waals surface area contributed by atoms with Crippen molar-refractivity contribution in [1.29, 1.82) is 0 Å². The molecule has 7 heteroatoms. The van der Waals surface area contributed by atoms with Gasteiger partial charge in [-0.2, -0.15) is 0 Å². The molecule has 0 saturated heterocycles. The summed E-state index contributed by atoms with van der Waals surface area (Å²) in [6.45, 7) is -0.316. The Morgan fingerprint density at radius 3 is 2.41 bits per heavy atom. The minimum atomic E-state index is -3.45. The van der Waals surface area contributed by atoms with Crippen LogP contribution in [0.1, 0.15) is 0 Å². The average molecular weight is 323 g/mol. The molecule has 0 heterocycles. The van der Waals surface area contributed by atoms with Gasteiger partial charge in [-0.3, -0.25) is 4.79 Å². The van der Waals surface area contributed by atoms with Crippen molar-refractivity contribution in [1.82, 2.24) is 0 Å². The molecule has 0 saturated carbocycles. The van der Waals surface area contributed by atoms with E-state index in [9.17, 15) is 17.6 Å². The van der Waals surface area contributed by atoms with Crippen molar-refractivity contribution in [3.8, 4) is 5.75 Å². The van der Waals surface area contributed by atoms with Crippen LogP contribution in [0.25, 0.3) is 0 Å². The quantitative estimate of drug-likeness (QED) is 0.916. The molecule has 0 aromatic heterocycles. The molecule has 0 spiro atoms. The van der Waals surface area contributed by atoms with E-state index in [1.54, 1.807) is 12.1 Å². The van der Waals surface area contributed by atoms with Gasteiger partial charge in [-0.05, 0) is 36.4 Å². The summed E-state index contributed by atoms with van der Waals surface area (Å²) in [5, 5.41) is 2.48. The predicted molar refractivity (Wildman–Crippen MR) is 80.1 cm³/mol.